The number of nitriles is 1. The highest BCUT2D eigenvalue weighted by Gasteiger charge is 2.13. The summed E-state index contributed by atoms with van der Waals surface area (Å²) < 4.78 is 7.13. The zero-order chi connectivity index (χ0) is 19.4. The number of ether oxygens (including phenoxy) is 1. The number of benzene rings is 1. The minimum atomic E-state index is -0.579. The molecule has 3 aromatic rings. The lowest BCUT2D eigenvalue weighted by Gasteiger charge is -2.10. The Morgan fingerprint density at radius 3 is 2.41 bits per heavy atom. The fraction of sp³-hybridized carbons (Fsp3) is 0.150. The van der Waals surface area contributed by atoms with Crippen LogP contribution in [0.1, 0.15) is 27.3 Å². The molecule has 1 N–H and O–H groups in total. The van der Waals surface area contributed by atoms with E-state index < -0.39 is 18.5 Å². The summed E-state index contributed by atoms with van der Waals surface area (Å²) in [7, 11) is 0. The minimum Gasteiger partial charge on any atom is -0.452 e. The Bertz CT molecular complexity index is 1010. The van der Waals surface area contributed by atoms with Crippen molar-refractivity contribution in [1.29, 1.82) is 5.26 Å². The number of carbonyl (C=O) groups is 2. The van der Waals surface area contributed by atoms with Crippen LogP contribution in [0.15, 0.2) is 47.8 Å². The number of thiophene rings is 1. The number of nitrogens with one attached hydrogen (secondary N) is 1. The SMILES string of the molecule is Cc1ccc(C)n1-c1ccc(C(=O)OCC(=O)Nc2sccc2C#N)cc1. The monoisotopic (exact) mass is 379 g/mol. The van der Waals surface area contributed by atoms with E-state index in [-0.39, 0.29) is 0 Å². The lowest BCUT2D eigenvalue weighted by Crippen LogP contribution is -2.20. The number of nitrogens with zero attached hydrogens (tertiary/aromatic N) is 2. The van der Waals surface area contributed by atoms with Gasteiger partial charge in [-0.15, -0.1) is 11.3 Å². The molecule has 0 aliphatic carbocycles. The molecule has 0 aliphatic heterocycles. The van der Waals surface area contributed by atoms with Gasteiger partial charge in [-0.2, -0.15) is 5.26 Å². The number of aromatic nitrogens is 1. The molecule has 0 spiro atoms. The molecule has 1 amide bonds. The largest absolute Gasteiger partial charge is 0.452 e. The van der Waals surface area contributed by atoms with E-state index in [1.807, 2.05) is 44.2 Å². The maximum Gasteiger partial charge on any atom is 0.338 e. The topological polar surface area (TPSA) is 84.1 Å². The molecule has 2 heterocycles. The van der Waals surface area contributed by atoms with Gasteiger partial charge in [0.15, 0.2) is 6.61 Å². The van der Waals surface area contributed by atoms with Crippen molar-refractivity contribution in [2.24, 2.45) is 0 Å². The molecule has 0 radical (unpaired) electrons. The number of amides is 1. The van der Waals surface area contributed by atoms with Gasteiger partial charge < -0.3 is 14.6 Å². The van der Waals surface area contributed by atoms with Crippen LogP contribution in [0, 0.1) is 25.2 Å². The molecule has 7 heteroatoms. The van der Waals surface area contributed by atoms with Gasteiger partial charge >= 0.3 is 5.97 Å². The third-order valence-electron chi connectivity index (χ3n) is 4.01. The van der Waals surface area contributed by atoms with E-state index in [9.17, 15) is 9.59 Å². The second-order valence-corrected chi connectivity index (χ2v) is 6.81. The van der Waals surface area contributed by atoms with Gasteiger partial charge in [-0.3, -0.25) is 4.79 Å². The van der Waals surface area contributed by atoms with Gasteiger partial charge in [0, 0.05) is 17.1 Å². The van der Waals surface area contributed by atoms with Gasteiger partial charge in [0.25, 0.3) is 5.91 Å². The second-order valence-electron chi connectivity index (χ2n) is 5.90. The molecule has 0 aliphatic rings. The number of anilines is 1. The second kappa shape index (κ2) is 7.89. The van der Waals surface area contributed by atoms with Crippen molar-refractivity contribution in [1.82, 2.24) is 4.57 Å². The Kier molecular flexibility index (Phi) is 5.38. The van der Waals surface area contributed by atoms with Crippen LogP contribution in [0.3, 0.4) is 0 Å². The van der Waals surface area contributed by atoms with E-state index >= 15 is 0 Å². The van der Waals surface area contributed by atoms with Crippen molar-refractivity contribution < 1.29 is 14.3 Å². The molecule has 0 saturated carbocycles. The van der Waals surface area contributed by atoms with Crippen LogP contribution < -0.4 is 5.32 Å². The van der Waals surface area contributed by atoms with Crippen LogP contribution >= 0.6 is 11.3 Å². The molecule has 0 atom stereocenters. The number of esters is 1. The third kappa shape index (κ3) is 4.07. The molecule has 0 saturated heterocycles. The summed E-state index contributed by atoms with van der Waals surface area (Å²) in [5.74, 6) is -1.07. The molecule has 6 nitrogen and oxygen atoms in total. The molecular weight excluding hydrogens is 362 g/mol. The predicted octanol–water partition coefficient (Wildman–Crippen LogP) is 3.82. The van der Waals surface area contributed by atoms with Crippen molar-refractivity contribution in [2.75, 3.05) is 11.9 Å². The highest BCUT2D eigenvalue weighted by Crippen LogP contribution is 2.22. The van der Waals surface area contributed by atoms with Crippen LogP contribution in [0.4, 0.5) is 5.00 Å². The number of hydrogen-bond donors (Lipinski definition) is 1. The van der Waals surface area contributed by atoms with Gasteiger partial charge in [-0.1, -0.05) is 0 Å². The van der Waals surface area contributed by atoms with Crippen molar-refractivity contribution in [3.63, 3.8) is 0 Å². The van der Waals surface area contributed by atoms with E-state index in [2.05, 4.69) is 9.88 Å². The molecule has 136 valence electrons. The number of carbonyl (C=O) groups excluding carboxylic acids is 2. The van der Waals surface area contributed by atoms with Crippen molar-refractivity contribution in [3.05, 3.63) is 70.4 Å². The average molecular weight is 379 g/mol. The summed E-state index contributed by atoms with van der Waals surface area (Å²) in [6.45, 7) is 3.61. The first-order chi connectivity index (χ1) is 13.0. The standard InChI is InChI=1S/C20H17N3O3S/c1-13-3-4-14(2)23(13)17-7-5-15(6-8-17)20(25)26-12-18(24)22-19-16(11-21)9-10-27-19/h3-10H,12H2,1-2H3,(H,22,24). The van der Waals surface area contributed by atoms with E-state index in [1.54, 1.807) is 23.6 Å². The quantitative estimate of drug-likeness (QED) is 0.683. The van der Waals surface area contributed by atoms with Crippen LogP contribution in [0.2, 0.25) is 0 Å². The van der Waals surface area contributed by atoms with Crippen molar-refractivity contribution in [2.45, 2.75) is 13.8 Å². The van der Waals surface area contributed by atoms with Crippen LogP contribution in [0.5, 0.6) is 0 Å². The smallest absolute Gasteiger partial charge is 0.338 e. The van der Waals surface area contributed by atoms with Crippen molar-refractivity contribution >= 4 is 28.2 Å². The molecule has 1 aromatic carbocycles. The first-order valence-electron chi connectivity index (χ1n) is 8.19. The van der Waals surface area contributed by atoms with E-state index in [4.69, 9.17) is 10.00 Å². The Morgan fingerprint density at radius 1 is 1.11 bits per heavy atom. The summed E-state index contributed by atoms with van der Waals surface area (Å²) in [5, 5.41) is 13.6. The van der Waals surface area contributed by atoms with Crippen molar-refractivity contribution in [3.8, 4) is 11.8 Å². The van der Waals surface area contributed by atoms with Gasteiger partial charge in [-0.25, -0.2) is 4.79 Å². The average Bonchev–Trinajstić information content (AvgIpc) is 3.25. The lowest BCUT2D eigenvalue weighted by atomic mass is 10.2. The highest BCUT2D eigenvalue weighted by molar-refractivity contribution is 7.14. The highest BCUT2D eigenvalue weighted by atomic mass is 32.1. The Labute approximate surface area is 160 Å². The van der Waals surface area contributed by atoms with Gasteiger partial charge in [0.1, 0.15) is 11.1 Å². The number of aryl methyl sites for hydroxylation is 2. The fourth-order valence-corrected chi connectivity index (χ4v) is 3.45. The van der Waals surface area contributed by atoms with Crippen LogP contribution in [0.25, 0.3) is 5.69 Å². The lowest BCUT2D eigenvalue weighted by molar-refractivity contribution is -0.119. The summed E-state index contributed by atoms with van der Waals surface area (Å²) in [4.78, 5) is 24.1. The first kappa shape index (κ1) is 18.4. The van der Waals surface area contributed by atoms with Crippen LogP contribution in [-0.4, -0.2) is 23.1 Å². The Balaban J connectivity index is 1.60. The zero-order valence-corrected chi connectivity index (χ0v) is 15.7. The summed E-state index contributed by atoms with van der Waals surface area (Å²) in [5.41, 5.74) is 3.90. The zero-order valence-electron chi connectivity index (χ0n) is 14.9. The summed E-state index contributed by atoms with van der Waals surface area (Å²) in [6, 6.07) is 14.7. The Morgan fingerprint density at radius 2 is 1.78 bits per heavy atom. The van der Waals surface area contributed by atoms with E-state index in [0.29, 0.717) is 16.1 Å². The number of hydrogen-bond acceptors (Lipinski definition) is 5. The van der Waals surface area contributed by atoms with E-state index in [1.165, 1.54) is 11.3 Å². The maximum absolute atomic E-state index is 12.1. The number of rotatable bonds is 5. The normalized spacial score (nSPS) is 10.3. The van der Waals surface area contributed by atoms with Gasteiger partial charge in [0.2, 0.25) is 0 Å². The predicted molar refractivity (Wildman–Crippen MR) is 103 cm³/mol. The van der Waals surface area contributed by atoms with Gasteiger partial charge in [-0.05, 0) is 61.7 Å². The Hall–Kier alpha value is -3.37. The minimum absolute atomic E-state index is 0.364. The first-order valence-corrected chi connectivity index (χ1v) is 9.07. The fourth-order valence-electron chi connectivity index (χ4n) is 2.69. The molecule has 0 bridgehead atoms. The van der Waals surface area contributed by atoms with E-state index in [0.717, 1.165) is 17.1 Å². The third-order valence-corrected chi connectivity index (χ3v) is 4.84. The summed E-state index contributed by atoms with van der Waals surface area (Å²) in [6.07, 6.45) is 0. The summed E-state index contributed by atoms with van der Waals surface area (Å²) >= 11 is 1.24. The van der Waals surface area contributed by atoms with Crippen LogP contribution in [-0.2, 0) is 9.53 Å². The van der Waals surface area contributed by atoms with Gasteiger partial charge in [0.05, 0.1) is 11.1 Å². The molecule has 0 unspecified atom stereocenters. The molecule has 0 fully saturated rings. The molecule has 27 heavy (non-hydrogen) atoms. The molecule has 2 aromatic heterocycles. The molecular formula is C20H17N3O3S. The molecule has 3 rings (SSSR count). The maximum atomic E-state index is 12.1.